The Labute approximate surface area is 161 Å². The molecule has 1 amide bonds. The molecule has 0 spiro atoms. The van der Waals surface area contributed by atoms with E-state index in [0.29, 0.717) is 23.1 Å². The van der Waals surface area contributed by atoms with Crippen LogP contribution in [0.25, 0.3) is 0 Å². The van der Waals surface area contributed by atoms with Crippen LogP contribution in [0.1, 0.15) is 39.0 Å². The van der Waals surface area contributed by atoms with Crippen molar-refractivity contribution in [3.8, 4) is 0 Å². The molecule has 2 rings (SSSR count). The molecule has 23 heavy (non-hydrogen) atoms. The fourth-order valence-corrected chi connectivity index (χ4v) is 3.47. The SMILES string of the molecule is CN=C(NCC(C)SC)NC1CCN(C(=O)C2CCCC2)C1.I. The van der Waals surface area contributed by atoms with E-state index in [9.17, 15) is 4.79 Å². The molecule has 1 aliphatic heterocycles. The zero-order valence-corrected chi connectivity index (χ0v) is 17.7. The lowest BCUT2D eigenvalue weighted by Crippen LogP contribution is -2.46. The van der Waals surface area contributed by atoms with Gasteiger partial charge in [-0.15, -0.1) is 24.0 Å². The van der Waals surface area contributed by atoms with E-state index in [-0.39, 0.29) is 24.0 Å². The van der Waals surface area contributed by atoms with Gasteiger partial charge in [-0.3, -0.25) is 9.79 Å². The number of thioether (sulfide) groups is 1. The first-order chi connectivity index (χ1) is 10.6. The lowest BCUT2D eigenvalue weighted by Gasteiger charge is -2.22. The van der Waals surface area contributed by atoms with E-state index >= 15 is 0 Å². The molecular formula is C16H31IN4OS. The Kier molecular flexibility index (Phi) is 9.65. The van der Waals surface area contributed by atoms with Gasteiger partial charge in [-0.05, 0) is 25.5 Å². The maximum absolute atomic E-state index is 12.5. The van der Waals surface area contributed by atoms with Crippen LogP contribution in [0.5, 0.6) is 0 Å². The summed E-state index contributed by atoms with van der Waals surface area (Å²) >= 11 is 1.84. The third kappa shape index (κ3) is 6.32. The largest absolute Gasteiger partial charge is 0.355 e. The second kappa shape index (κ2) is 10.6. The Morgan fingerprint density at radius 3 is 2.65 bits per heavy atom. The molecule has 1 aliphatic carbocycles. The summed E-state index contributed by atoms with van der Waals surface area (Å²) in [6.07, 6.45) is 7.74. The van der Waals surface area contributed by atoms with Gasteiger partial charge in [0.15, 0.2) is 5.96 Å². The number of amides is 1. The zero-order chi connectivity index (χ0) is 15.9. The summed E-state index contributed by atoms with van der Waals surface area (Å²) in [7, 11) is 1.80. The van der Waals surface area contributed by atoms with Crippen LogP contribution in [-0.4, -0.2) is 61.0 Å². The molecule has 0 aromatic rings. The number of aliphatic imine (C=N–C) groups is 1. The summed E-state index contributed by atoms with van der Waals surface area (Å²) in [4.78, 5) is 18.8. The molecule has 0 radical (unpaired) electrons. The highest BCUT2D eigenvalue weighted by molar-refractivity contribution is 14.0. The van der Waals surface area contributed by atoms with Crippen LogP contribution in [0.4, 0.5) is 0 Å². The van der Waals surface area contributed by atoms with Crippen LogP contribution in [0.3, 0.4) is 0 Å². The van der Waals surface area contributed by atoms with Gasteiger partial charge in [0.05, 0.1) is 0 Å². The quantitative estimate of drug-likeness (QED) is 0.381. The lowest BCUT2D eigenvalue weighted by molar-refractivity contribution is -0.134. The molecule has 0 aromatic heterocycles. The Balaban J connectivity index is 0.00000264. The fourth-order valence-electron chi connectivity index (χ4n) is 3.22. The van der Waals surface area contributed by atoms with Crippen molar-refractivity contribution in [1.82, 2.24) is 15.5 Å². The van der Waals surface area contributed by atoms with Crippen molar-refractivity contribution in [1.29, 1.82) is 0 Å². The van der Waals surface area contributed by atoms with Gasteiger partial charge in [-0.1, -0.05) is 19.8 Å². The molecule has 1 heterocycles. The number of guanidine groups is 1. The molecule has 134 valence electrons. The molecule has 0 aromatic carbocycles. The number of hydrogen-bond acceptors (Lipinski definition) is 3. The Bertz CT molecular complexity index is 402. The summed E-state index contributed by atoms with van der Waals surface area (Å²) in [5.74, 6) is 1.51. The Morgan fingerprint density at radius 1 is 1.35 bits per heavy atom. The number of likely N-dealkylation sites (tertiary alicyclic amines) is 1. The number of hydrogen-bond donors (Lipinski definition) is 2. The van der Waals surface area contributed by atoms with Crippen LogP contribution < -0.4 is 10.6 Å². The van der Waals surface area contributed by atoms with E-state index in [4.69, 9.17) is 0 Å². The molecule has 1 saturated carbocycles. The highest BCUT2D eigenvalue weighted by Crippen LogP contribution is 2.27. The predicted molar refractivity (Wildman–Crippen MR) is 110 cm³/mol. The van der Waals surface area contributed by atoms with Crippen LogP contribution in [0.15, 0.2) is 4.99 Å². The maximum atomic E-state index is 12.5. The van der Waals surface area contributed by atoms with Gasteiger partial charge < -0.3 is 15.5 Å². The minimum absolute atomic E-state index is 0. The van der Waals surface area contributed by atoms with Crippen LogP contribution in [0.2, 0.25) is 0 Å². The van der Waals surface area contributed by atoms with Gasteiger partial charge in [0.1, 0.15) is 0 Å². The number of halogens is 1. The normalized spacial score (nSPS) is 23.5. The molecule has 5 nitrogen and oxygen atoms in total. The van der Waals surface area contributed by atoms with Crippen LogP contribution in [0, 0.1) is 5.92 Å². The number of nitrogens with one attached hydrogen (secondary N) is 2. The number of carbonyl (C=O) groups is 1. The molecule has 2 fully saturated rings. The predicted octanol–water partition coefficient (Wildman–Crippen LogP) is 2.31. The molecular weight excluding hydrogens is 423 g/mol. The summed E-state index contributed by atoms with van der Waals surface area (Å²) in [5, 5.41) is 7.37. The molecule has 2 unspecified atom stereocenters. The van der Waals surface area contributed by atoms with Crippen molar-refractivity contribution < 1.29 is 4.79 Å². The third-order valence-corrected chi connectivity index (χ3v) is 5.70. The summed E-state index contributed by atoms with van der Waals surface area (Å²) < 4.78 is 0. The number of rotatable bonds is 5. The van der Waals surface area contributed by atoms with Crippen molar-refractivity contribution >= 4 is 47.6 Å². The minimum atomic E-state index is 0. The molecule has 0 bridgehead atoms. The minimum Gasteiger partial charge on any atom is -0.355 e. The zero-order valence-electron chi connectivity index (χ0n) is 14.5. The molecule has 7 heteroatoms. The number of nitrogens with zero attached hydrogens (tertiary/aromatic N) is 2. The van der Waals surface area contributed by atoms with Crippen molar-refractivity contribution in [3.05, 3.63) is 0 Å². The Hall–Kier alpha value is -0.180. The van der Waals surface area contributed by atoms with Crippen LogP contribution in [-0.2, 0) is 4.79 Å². The van der Waals surface area contributed by atoms with E-state index < -0.39 is 0 Å². The average molecular weight is 454 g/mol. The van der Waals surface area contributed by atoms with Gasteiger partial charge in [0.25, 0.3) is 0 Å². The molecule has 2 atom stereocenters. The van der Waals surface area contributed by atoms with Crippen molar-refractivity contribution in [3.63, 3.8) is 0 Å². The van der Waals surface area contributed by atoms with Gasteiger partial charge in [0, 0.05) is 43.9 Å². The van der Waals surface area contributed by atoms with Gasteiger partial charge >= 0.3 is 0 Å². The van der Waals surface area contributed by atoms with E-state index in [1.165, 1.54) is 12.8 Å². The molecule has 1 saturated heterocycles. The van der Waals surface area contributed by atoms with Gasteiger partial charge in [-0.2, -0.15) is 11.8 Å². The summed E-state index contributed by atoms with van der Waals surface area (Å²) in [6.45, 7) is 4.79. The van der Waals surface area contributed by atoms with E-state index in [1.807, 2.05) is 16.7 Å². The molecule has 2 N–H and O–H groups in total. The van der Waals surface area contributed by atoms with E-state index in [2.05, 4.69) is 28.8 Å². The van der Waals surface area contributed by atoms with Crippen molar-refractivity contribution in [2.75, 3.05) is 32.9 Å². The van der Waals surface area contributed by atoms with E-state index in [0.717, 1.165) is 44.9 Å². The van der Waals surface area contributed by atoms with Crippen molar-refractivity contribution in [2.24, 2.45) is 10.9 Å². The smallest absolute Gasteiger partial charge is 0.225 e. The van der Waals surface area contributed by atoms with Gasteiger partial charge in [-0.25, -0.2) is 0 Å². The highest BCUT2D eigenvalue weighted by atomic mass is 127. The average Bonchev–Trinajstić information content (AvgIpc) is 3.21. The second-order valence-electron chi connectivity index (χ2n) is 6.40. The fraction of sp³-hybridized carbons (Fsp3) is 0.875. The van der Waals surface area contributed by atoms with Crippen LogP contribution >= 0.6 is 35.7 Å². The lowest BCUT2D eigenvalue weighted by atomic mass is 10.1. The Morgan fingerprint density at radius 2 is 2.04 bits per heavy atom. The monoisotopic (exact) mass is 454 g/mol. The standard InChI is InChI=1S/C16H30N4OS.HI/c1-12(22-3)10-18-16(17-2)19-14-8-9-20(11-14)15(21)13-6-4-5-7-13;/h12-14H,4-11H2,1-3H3,(H2,17,18,19);1H. The van der Waals surface area contributed by atoms with Gasteiger partial charge in [0.2, 0.25) is 5.91 Å². The first-order valence-electron chi connectivity index (χ1n) is 8.42. The highest BCUT2D eigenvalue weighted by Gasteiger charge is 2.32. The topological polar surface area (TPSA) is 56.7 Å². The van der Waals surface area contributed by atoms with E-state index in [1.54, 1.807) is 7.05 Å². The first kappa shape index (κ1) is 20.9. The second-order valence-corrected chi connectivity index (χ2v) is 7.67. The van der Waals surface area contributed by atoms with Crippen molar-refractivity contribution in [2.45, 2.75) is 50.3 Å². The third-order valence-electron chi connectivity index (χ3n) is 4.73. The summed E-state index contributed by atoms with van der Waals surface area (Å²) in [6, 6.07) is 0.320. The summed E-state index contributed by atoms with van der Waals surface area (Å²) in [5.41, 5.74) is 0. The first-order valence-corrected chi connectivity index (χ1v) is 9.71. The number of carbonyl (C=O) groups excluding carboxylic acids is 1. The molecule has 2 aliphatic rings. The maximum Gasteiger partial charge on any atom is 0.225 e.